The summed E-state index contributed by atoms with van der Waals surface area (Å²) >= 11 is 1.70. The van der Waals surface area contributed by atoms with Crippen molar-refractivity contribution < 1.29 is 0 Å². The number of hydrogen-bond acceptors (Lipinski definition) is 5. The first-order chi connectivity index (χ1) is 8.92. The van der Waals surface area contributed by atoms with E-state index in [1.807, 2.05) is 0 Å². The molecule has 4 rings (SSSR count). The van der Waals surface area contributed by atoms with Crippen LogP contribution < -0.4 is 4.90 Å². The van der Waals surface area contributed by atoms with Crippen LogP contribution in [-0.2, 0) is 0 Å². The third-order valence-electron chi connectivity index (χ3n) is 4.13. The Morgan fingerprint density at radius 1 is 1.22 bits per heavy atom. The highest BCUT2D eigenvalue weighted by Crippen LogP contribution is 2.30. The van der Waals surface area contributed by atoms with Gasteiger partial charge < -0.3 is 4.90 Å². The predicted molar refractivity (Wildman–Crippen MR) is 74.2 cm³/mol. The molecule has 0 saturated carbocycles. The second-order valence-corrected chi connectivity index (χ2v) is 6.01. The number of rotatable bonds is 1. The fourth-order valence-corrected chi connectivity index (χ4v) is 3.94. The summed E-state index contributed by atoms with van der Waals surface area (Å²) in [5, 5.41) is 3.32. The third kappa shape index (κ3) is 1.61. The van der Waals surface area contributed by atoms with Crippen LogP contribution in [0, 0.1) is 0 Å². The SMILES string of the molecule is c1nc(N2CCN3CCCC3C2)c2ccsc2n1. The summed E-state index contributed by atoms with van der Waals surface area (Å²) in [5.41, 5.74) is 0. The summed E-state index contributed by atoms with van der Waals surface area (Å²) in [6.07, 6.45) is 4.40. The lowest BCUT2D eigenvalue weighted by atomic mass is 10.1. The predicted octanol–water partition coefficient (Wildman–Crippen LogP) is 1.98. The topological polar surface area (TPSA) is 32.3 Å². The van der Waals surface area contributed by atoms with Crippen molar-refractivity contribution in [3.05, 3.63) is 17.8 Å². The lowest BCUT2D eigenvalue weighted by Gasteiger charge is -2.38. The molecule has 0 bridgehead atoms. The fourth-order valence-electron chi connectivity index (χ4n) is 3.21. The molecule has 1 atom stereocenters. The van der Waals surface area contributed by atoms with Gasteiger partial charge in [0.05, 0.1) is 5.39 Å². The maximum absolute atomic E-state index is 4.52. The molecule has 1 unspecified atom stereocenters. The molecular weight excluding hydrogens is 244 g/mol. The third-order valence-corrected chi connectivity index (χ3v) is 4.95. The van der Waals surface area contributed by atoms with E-state index in [9.17, 15) is 0 Å². The minimum Gasteiger partial charge on any atom is -0.353 e. The minimum atomic E-state index is 0.738. The van der Waals surface area contributed by atoms with Crippen molar-refractivity contribution in [3.8, 4) is 0 Å². The average Bonchev–Trinajstić information content (AvgIpc) is 3.05. The first kappa shape index (κ1) is 10.7. The number of piperazine rings is 1. The highest BCUT2D eigenvalue weighted by molar-refractivity contribution is 7.16. The Kier molecular flexibility index (Phi) is 2.48. The Hall–Kier alpha value is -1.20. The van der Waals surface area contributed by atoms with Crippen LogP contribution in [0.3, 0.4) is 0 Å². The number of hydrogen-bond donors (Lipinski definition) is 0. The summed E-state index contributed by atoms with van der Waals surface area (Å²) in [4.78, 5) is 15.0. The maximum Gasteiger partial charge on any atom is 0.140 e. The molecule has 4 heterocycles. The van der Waals surface area contributed by atoms with E-state index in [0.29, 0.717) is 0 Å². The van der Waals surface area contributed by atoms with Crippen molar-refractivity contribution in [3.63, 3.8) is 0 Å². The van der Waals surface area contributed by atoms with Crippen LogP contribution in [0.15, 0.2) is 17.8 Å². The van der Waals surface area contributed by atoms with Gasteiger partial charge in [0.2, 0.25) is 0 Å². The standard InChI is InChI=1S/C13H16N4S/c1-2-10-8-17(6-5-16(10)4-1)12-11-3-7-18-13(11)15-9-14-12/h3,7,9-10H,1-2,4-6,8H2. The molecule has 0 aliphatic carbocycles. The van der Waals surface area contributed by atoms with Gasteiger partial charge in [-0.25, -0.2) is 9.97 Å². The maximum atomic E-state index is 4.52. The van der Waals surface area contributed by atoms with Crippen molar-refractivity contribution in [2.45, 2.75) is 18.9 Å². The van der Waals surface area contributed by atoms with Crippen molar-refractivity contribution in [2.75, 3.05) is 31.1 Å². The van der Waals surface area contributed by atoms with Crippen molar-refractivity contribution in [1.82, 2.24) is 14.9 Å². The van der Waals surface area contributed by atoms with E-state index in [4.69, 9.17) is 0 Å². The lowest BCUT2D eigenvalue weighted by molar-refractivity contribution is 0.230. The number of anilines is 1. The van der Waals surface area contributed by atoms with Gasteiger partial charge >= 0.3 is 0 Å². The number of aromatic nitrogens is 2. The molecule has 2 aliphatic rings. The molecular formula is C13H16N4S. The van der Waals surface area contributed by atoms with Crippen LogP contribution in [-0.4, -0.2) is 47.1 Å². The Morgan fingerprint density at radius 3 is 3.22 bits per heavy atom. The van der Waals surface area contributed by atoms with Gasteiger partial charge in [-0.2, -0.15) is 0 Å². The van der Waals surface area contributed by atoms with Crippen molar-refractivity contribution >= 4 is 27.4 Å². The van der Waals surface area contributed by atoms with Gasteiger partial charge in [-0.15, -0.1) is 11.3 Å². The number of nitrogens with zero attached hydrogens (tertiary/aromatic N) is 4. The molecule has 2 aromatic heterocycles. The quantitative estimate of drug-likeness (QED) is 0.785. The van der Waals surface area contributed by atoms with Gasteiger partial charge in [0, 0.05) is 25.7 Å². The first-order valence-corrected chi connectivity index (χ1v) is 7.47. The smallest absolute Gasteiger partial charge is 0.140 e. The zero-order valence-corrected chi connectivity index (χ0v) is 11.1. The Bertz CT molecular complexity index is 567. The van der Waals surface area contributed by atoms with E-state index in [1.165, 1.54) is 31.3 Å². The van der Waals surface area contributed by atoms with Crippen LogP contribution in [0.1, 0.15) is 12.8 Å². The van der Waals surface area contributed by atoms with E-state index < -0.39 is 0 Å². The summed E-state index contributed by atoms with van der Waals surface area (Å²) in [5.74, 6) is 1.13. The molecule has 2 aromatic rings. The molecule has 0 N–H and O–H groups in total. The molecule has 0 radical (unpaired) electrons. The second-order valence-electron chi connectivity index (χ2n) is 5.11. The summed E-state index contributed by atoms with van der Waals surface area (Å²) < 4.78 is 0. The van der Waals surface area contributed by atoms with E-state index in [0.717, 1.165) is 29.8 Å². The van der Waals surface area contributed by atoms with Gasteiger partial charge in [0.25, 0.3) is 0 Å². The highest BCUT2D eigenvalue weighted by Gasteiger charge is 2.31. The van der Waals surface area contributed by atoms with E-state index in [1.54, 1.807) is 17.7 Å². The van der Waals surface area contributed by atoms with Crippen LogP contribution in [0.4, 0.5) is 5.82 Å². The molecule has 2 aliphatic heterocycles. The molecule has 2 fully saturated rings. The van der Waals surface area contributed by atoms with Crippen LogP contribution in [0.5, 0.6) is 0 Å². The lowest BCUT2D eigenvalue weighted by Crippen LogP contribution is -2.50. The number of thiophene rings is 1. The van der Waals surface area contributed by atoms with Crippen LogP contribution in [0.2, 0.25) is 0 Å². The molecule has 5 heteroatoms. The molecule has 0 spiro atoms. The van der Waals surface area contributed by atoms with Gasteiger partial charge in [-0.05, 0) is 30.8 Å². The second kappa shape index (κ2) is 4.17. The molecule has 18 heavy (non-hydrogen) atoms. The monoisotopic (exact) mass is 260 g/mol. The Balaban J connectivity index is 1.68. The van der Waals surface area contributed by atoms with Crippen LogP contribution >= 0.6 is 11.3 Å². The van der Waals surface area contributed by atoms with Gasteiger partial charge in [0.15, 0.2) is 0 Å². The first-order valence-electron chi connectivity index (χ1n) is 6.59. The average molecular weight is 260 g/mol. The van der Waals surface area contributed by atoms with E-state index >= 15 is 0 Å². The fraction of sp³-hybridized carbons (Fsp3) is 0.538. The van der Waals surface area contributed by atoms with Gasteiger partial charge in [0.1, 0.15) is 17.0 Å². The van der Waals surface area contributed by atoms with Gasteiger partial charge in [-0.3, -0.25) is 4.90 Å². The van der Waals surface area contributed by atoms with E-state index in [-0.39, 0.29) is 0 Å². The van der Waals surface area contributed by atoms with E-state index in [2.05, 4.69) is 31.2 Å². The Morgan fingerprint density at radius 2 is 2.22 bits per heavy atom. The summed E-state index contributed by atoms with van der Waals surface area (Å²) in [6.45, 7) is 4.69. The van der Waals surface area contributed by atoms with Crippen molar-refractivity contribution in [1.29, 1.82) is 0 Å². The number of fused-ring (bicyclic) bond motifs is 2. The molecule has 0 amide bonds. The minimum absolute atomic E-state index is 0.738. The highest BCUT2D eigenvalue weighted by atomic mass is 32.1. The summed E-state index contributed by atoms with van der Waals surface area (Å²) in [7, 11) is 0. The normalized spacial score (nSPS) is 24.7. The zero-order valence-electron chi connectivity index (χ0n) is 10.2. The zero-order chi connectivity index (χ0) is 11.9. The van der Waals surface area contributed by atoms with Crippen molar-refractivity contribution in [2.24, 2.45) is 0 Å². The molecule has 94 valence electrons. The largest absolute Gasteiger partial charge is 0.353 e. The Labute approximate surface area is 110 Å². The van der Waals surface area contributed by atoms with Gasteiger partial charge in [-0.1, -0.05) is 0 Å². The summed E-state index contributed by atoms with van der Waals surface area (Å²) in [6, 6.07) is 2.89. The molecule has 0 aromatic carbocycles. The van der Waals surface area contributed by atoms with Crippen LogP contribution in [0.25, 0.3) is 10.2 Å². The molecule has 2 saturated heterocycles. The molecule has 4 nitrogen and oxygen atoms in total.